The lowest BCUT2D eigenvalue weighted by molar-refractivity contribution is 0.0305. The number of rotatable bonds is 11. The molecular formula is C22H37N3O4S. The molecule has 7 nitrogen and oxygen atoms in total. The van der Waals surface area contributed by atoms with Crippen LogP contribution >= 0.6 is 0 Å². The third-order valence-electron chi connectivity index (χ3n) is 5.81. The molecule has 0 radical (unpaired) electrons. The summed E-state index contributed by atoms with van der Waals surface area (Å²) < 4.78 is 39.2. The van der Waals surface area contributed by atoms with Crippen LogP contribution in [-0.2, 0) is 19.5 Å². The maximum atomic E-state index is 13.3. The molecule has 0 spiro atoms. The van der Waals surface area contributed by atoms with Gasteiger partial charge in [0.1, 0.15) is 0 Å². The molecule has 8 heteroatoms. The quantitative estimate of drug-likeness (QED) is 0.490. The van der Waals surface area contributed by atoms with E-state index in [1.807, 2.05) is 6.07 Å². The zero-order valence-corrected chi connectivity index (χ0v) is 19.1. The third-order valence-corrected chi connectivity index (χ3v) is 7.68. The van der Waals surface area contributed by atoms with Gasteiger partial charge in [-0.15, -0.1) is 0 Å². The Hall–Kier alpha value is -1.03. The molecule has 1 aromatic rings. The van der Waals surface area contributed by atoms with Gasteiger partial charge in [0.25, 0.3) is 0 Å². The summed E-state index contributed by atoms with van der Waals surface area (Å²) in [5.41, 5.74) is 0. The van der Waals surface area contributed by atoms with Crippen LogP contribution in [0, 0.1) is 5.92 Å². The van der Waals surface area contributed by atoms with Gasteiger partial charge in [-0.1, -0.05) is 25.1 Å². The Morgan fingerprint density at radius 3 is 2.17 bits per heavy atom. The van der Waals surface area contributed by atoms with Crippen molar-refractivity contribution in [2.75, 3.05) is 78.8 Å². The van der Waals surface area contributed by atoms with E-state index in [1.165, 1.54) is 0 Å². The smallest absolute Gasteiger partial charge is 0.243 e. The Morgan fingerprint density at radius 1 is 0.933 bits per heavy atom. The fourth-order valence-corrected chi connectivity index (χ4v) is 5.75. The topological polar surface area (TPSA) is 62.3 Å². The molecule has 1 aromatic carbocycles. The predicted octanol–water partition coefficient (Wildman–Crippen LogP) is 1.76. The number of unbranched alkanes of at least 4 members (excludes halogenated alkanes) is 1. The van der Waals surface area contributed by atoms with Crippen LogP contribution in [0.2, 0.25) is 0 Å². The summed E-state index contributed by atoms with van der Waals surface area (Å²) in [7, 11) is -3.49. The number of hydrogen-bond donors (Lipinski definition) is 0. The number of ether oxygens (including phenoxy) is 2. The van der Waals surface area contributed by atoms with Crippen LogP contribution in [0.25, 0.3) is 0 Å². The fraction of sp³-hybridized carbons (Fsp3) is 0.727. The minimum Gasteiger partial charge on any atom is -0.379 e. The highest BCUT2D eigenvalue weighted by Crippen LogP contribution is 2.18. The van der Waals surface area contributed by atoms with E-state index >= 15 is 0 Å². The van der Waals surface area contributed by atoms with E-state index in [9.17, 15) is 8.42 Å². The molecule has 170 valence electrons. The first-order valence-corrected chi connectivity index (χ1v) is 12.6. The van der Waals surface area contributed by atoms with Gasteiger partial charge >= 0.3 is 0 Å². The van der Waals surface area contributed by atoms with Gasteiger partial charge < -0.3 is 9.47 Å². The highest BCUT2D eigenvalue weighted by Gasteiger charge is 2.26. The fourth-order valence-electron chi connectivity index (χ4n) is 4.13. The zero-order chi connectivity index (χ0) is 21.2. The highest BCUT2D eigenvalue weighted by molar-refractivity contribution is 7.89. The first kappa shape index (κ1) is 23.6. The van der Waals surface area contributed by atoms with Crippen LogP contribution in [0.15, 0.2) is 35.2 Å². The molecule has 0 aromatic heterocycles. The summed E-state index contributed by atoms with van der Waals surface area (Å²) in [6.45, 7) is 12.1. The van der Waals surface area contributed by atoms with Gasteiger partial charge in [0.15, 0.2) is 0 Å². The van der Waals surface area contributed by atoms with Crippen molar-refractivity contribution in [3.05, 3.63) is 30.3 Å². The van der Waals surface area contributed by atoms with Gasteiger partial charge in [0.2, 0.25) is 10.0 Å². The Morgan fingerprint density at radius 2 is 1.53 bits per heavy atom. The van der Waals surface area contributed by atoms with Crippen LogP contribution < -0.4 is 0 Å². The number of benzene rings is 1. The van der Waals surface area contributed by atoms with Gasteiger partial charge in [-0.05, 0) is 37.4 Å². The van der Waals surface area contributed by atoms with Crippen molar-refractivity contribution < 1.29 is 17.9 Å². The summed E-state index contributed by atoms with van der Waals surface area (Å²) in [6, 6.07) is 8.83. The molecule has 0 saturated carbocycles. The van der Waals surface area contributed by atoms with Crippen molar-refractivity contribution in [3.8, 4) is 0 Å². The van der Waals surface area contributed by atoms with Crippen LogP contribution in [0.1, 0.15) is 19.8 Å². The summed E-state index contributed by atoms with van der Waals surface area (Å²) in [6.07, 6.45) is 1.87. The standard InChI is InChI=1S/C22H37N3O4S/c1-21(19-24-13-17-29-18-14-24)20-25(30(26,27)22-7-3-2-4-8-22)10-6-5-9-23-11-15-28-16-12-23/h2-4,7-8,21H,5-6,9-20H2,1H3. The molecule has 2 heterocycles. The molecule has 0 N–H and O–H groups in total. The van der Waals surface area contributed by atoms with Gasteiger partial charge in [0.05, 0.1) is 31.3 Å². The first-order chi connectivity index (χ1) is 14.6. The predicted molar refractivity (Wildman–Crippen MR) is 118 cm³/mol. The second-order valence-electron chi connectivity index (χ2n) is 8.36. The minimum absolute atomic E-state index is 0.265. The molecule has 2 fully saturated rings. The molecular weight excluding hydrogens is 402 g/mol. The average molecular weight is 440 g/mol. The zero-order valence-electron chi connectivity index (χ0n) is 18.2. The van der Waals surface area contributed by atoms with Crippen LogP contribution in [0.3, 0.4) is 0 Å². The number of nitrogens with zero attached hydrogens (tertiary/aromatic N) is 3. The van der Waals surface area contributed by atoms with Crippen molar-refractivity contribution >= 4 is 10.0 Å². The van der Waals surface area contributed by atoms with E-state index in [2.05, 4.69) is 16.7 Å². The van der Waals surface area contributed by atoms with Gasteiger partial charge in [-0.2, -0.15) is 4.31 Å². The molecule has 30 heavy (non-hydrogen) atoms. The second kappa shape index (κ2) is 12.1. The molecule has 3 rings (SSSR count). The van der Waals surface area contributed by atoms with Crippen molar-refractivity contribution in [3.63, 3.8) is 0 Å². The average Bonchev–Trinajstić information content (AvgIpc) is 2.78. The van der Waals surface area contributed by atoms with Crippen molar-refractivity contribution in [2.24, 2.45) is 5.92 Å². The number of sulfonamides is 1. The molecule has 2 aliphatic rings. The normalized spacial score (nSPS) is 20.5. The lowest BCUT2D eigenvalue weighted by atomic mass is 10.1. The van der Waals surface area contributed by atoms with E-state index in [1.54, 1.807) is 28.6 Å². The van der Waals surface area contributed by atoms with Crippen LogP contribution in [0.5, 0.6) is 0 Å². The maximum Gasteiger partial charge on any atom is 0.243 e. The lowest BCUT2D eigenvalue weighted by Gasteiger charge is -2.32. The van der Waals surface area contributed by atoms with E-state index in [0.717, 1.165) is 78.5 Å². The first-order valence-electron chi connectivity index (χ1n) is 11.2. The largest absolute Gasteiger partial charge is 0.379 e. The van der Waals surface area contributed by atoms with E-state index in [-0.39, 0.29) is 5.92 Å². The van der Waals surface area contributed by atoms with Crippen molar-refractivity contribution in [1.82, 2.24) is 14.1 Å². The SMILES string of the molecule is CC(CN1CCOCC1)CN(CCCCN1CCOCC1)S(=O)(=O)c1ccccc1. The maximum absolute atomic E-state index is 13.3. The van der Waals surface area contributed by atoms with Gasteiger partial charge in [-0.25, -0.2) is 8.42 Å². The monoisotopic (exact) mass is 439 g/mol. The summed E-state index contributed by atoms with van der Waals surface area (Å²) in [5.74, 6) is 0.265. The molecule has 0 aliphatic carbocycles. The molecule has 1 atom stereocenters. The van der Waals surface area contributed by atoms with Gasteiger partial charge in [0, 0.05) is 45.8 Å². The molecule has 0 amide bonds. The Balaban J connectivity index is 1.57. The Kier molecular flexibility index (Phi) is 9.55. The number of hydrogen-bond acceptors (Lipinski definition) is 6. The number of morpholine rings is 2. The Bertz CT molecular complexity index is 704. The highest BCUT2D eigenvalue weighted by atomic mass is 32.2. The van der Waals surface area contributed by atoms with Gasteiger partial charge in [-0.3, -0.25) is 9.80 Å². The van der Waals surface area contributed by atoms with E-state index in [4.69, 9.17) is 9.47 Å². The van der Waals surface area contributed by atoms with E-state index in [0.29, 0.717) is 18.0 Å². The summed E-state index contributed by atoms with van der Waals surface area (Å²) in [5, 5.41) is 0. The van der Waals surface area contributed by atoms with Crippen LogP contribution in [0.4, 0.5) is 0 Å². The molecule has 2 saturated heterocycles. The van der Waals surface area contributed by atoms with E-state index < -0.39 is 10.0 Å². The van der Waals surface area contributed by atoms with Crippen molar-refractivity contribution in [1.29, 1.82) is 0 Å². The molecule has 2 aliphatic heterocycles. The molecule has 0 bridgehead atoms. The lowest BCUT2D eigenvalue weighted by Crippen LogP contribution is -2.43. The minimum atomic E-state index is -3.49. The van der Waals surface area contributed by atoms with Crippen LogP contribution in [-0.4, -0.2) is 101 Å². The second-order valence-corrected chi connectivity index (χ2v) is 10.3. The Labute approximate surface area is 182 Å². The molecule has 1 unspecified atom stereocenters. The summed E-state index contributed by atoms with van der Waals surface area (Å²) >= 11 is 0. The summed E-state index contributed by atoms with van der Waals surface area (Å²) in [4.78, 5) is 5.16. The third kappa shape index (κ3) is 7.28. The van der Waals surface area contributed by atoms with Crippen molar-refractivity contribution in [2.45, 2.75) is 24.7 Å².